The predicted molar refractivity (Wildman–Crippen MR) is 162 cm³/mol. The van der Waals surface area contributed by atoms with Gasteiger partial charge in [0.15, 0.2) is 12.4 Å². The van der Waals surface area contributed by atoms with Crippen molar-refractivity contribution in [2.75, 3.05) is 11.5 Å². The summed E-state index contributed by atoms with van der Waals surface area (Å²) in [4.78, 5) is 66.1. The molecule has 8 nitrogen and oxygen atoms in total. The number of hydrogen-bond donors (Lipinski definition) is 0. The highest BCUT2D eigenvalue weighted by Crippen LogP contribution is 2.61. The molecule has 9 heteroatoms. The van der Waals surface area contributed by atoms with E-state index in [0.717, 1.165) is 12.8 Å². The van der Waals surface area contributed by atoms with E-state index in [-0.39, 0.29) is 47.0 Å². The van der Waals surface area contributed by atoms with Crippen molar-refractivity contribution in [1.82, 2.24) is 0 Å². The highest BCUT2D eigenvalue weighted by Gasteiger charge is 2.64. The predicted octanol–water partition coefficient (Wildman–Crippen LogP) is 5.94. The molecule has 0 N–H and O–H groups in total. The summed E-state index contributed by atoms with van der Waals surface area (Å²) < 4.78 is 10.5. The Balaban J connectivity index is 0.958. The highest BCUT2D eigenvalue weighted by atomic mass is 32.1. The van der Waals surface area contributed by atoms with Crippen LogP contribution in [0.15, 0.2) is 96.4 Å². The molecule has 2 amide bonds. The highest BCUT2D eigenvalue weighted by molar-refractivity contribution is 7.12. The number of amides is 2. The van der Waals surface area contributed by atoms with Gasteiger partial charge in [-0.15, -0.1) is 11.3 Å². The van der Waals surface area contributed by atoms with Crippen LogP contribution in [-0.4, -0.2) is 36.1 Å². The second-order valence-electron chi connectivity index (χ2n) is 11.4. The van der Waals surface area contributed by atoms with Crippen LogP contribution in [-0.2, 0) is 14.3 Å². The quantitative estimate of drug-likeness (QED) is 0.106. The fourth-order valence-electron chi connectivity index (χ4n) is 7.10. The molecule has 220 valence electrons. The number of ether oxygens (including phenoxy) is 2. The molecule has 1 aliphatic heterocycles. The molecule has 2 heterocycles. The van der Waals surface area contributed by atoms with Crippen LogP contribution in [0.4, 0.5) is 5.69 Å². The van der Waals surface area contributed by atoms with Crippen LogP contribution in [0.25, 0.3) is 0 Å². The van der Waals surface area contributed by atoms with E-state index >= 15 is 0 Å². The Hall–Kier alpha value is -4.89. The summed E-state index contributed by atoms with van der Waals surface area (Å²) in [7, 11) is 0. The van der Waals surface area contributed by atoms with Crippen molar-refractivity contribution in [3.8, 4) is 5.75 Å². The van der Waals surface area contributed by atoms with Gasteiger partial charge in [0.25, 0.3) is 0 Å². The van der Waals surface area contributed by atoms with E-state index in [1.807, 2.05) is 18.2 Å². The number of rotatable bonds is 8. The van der Waals surface area contributed by atoms with Gasteiger partial charge in [-0.3, -0.25) is 19.3 Å². The van der Waals surface area contributed by atoms with Gasteiger partial charge in [-0.25, -0.2) is 9.59 Å². The average Bonchev–Trinajstić information content (AvgIpc) is 3.85. The van der Waals surface area contributed by atoms with E-state index in [9.17, 15) is 24.0 Å². The van der Waals surface area contributed by atoms with Crippen molar-refractivity contribution < 1.29 is 33.4 Å². The molecule has 3 aromatic carbocycles. The standard InChI is InChI=1S/C35H27NO7S/c37-28(21-10-14-25(15-11-21)43-35(41)29-7-4-16-44-29)19-42-34(40)22-8-12-24(13-9-22)36-32(38)30-23-17-26(20-5-2-1-3-6-20)27(18-23)31(30)33(36)39/h1-16,23,26-27,30-31H,17-19H2/t23-,26-,27+,30+,31-/m0/s1. The molecule has 4 aromatic rings. The number of Topliss-reactive ketones (excluding diaryl/α,β-unsaturated/α-hetero) is 1. The Labute approximate surface area is 257 Å². The van der Waals surface area contributed by atoms with Crippen molar-refractivity contribution in [3.63, 3.8) is 0 Å². The minimum absolute atomic E-state index is 0.151. The molecule has 44 heavy (non-hydrogen) atoms. The molecule has 1 saturated heterocycles. The first-order valence-electron chi connectivity index (χ1n) is 14.5. The van der Waals surface area contributed by atoms with E-state index in [4.69, 9.17) is 9.47 Å². The Kier molecular flexibility index (Phi) is 7.18. The monoisotopic (exact) mass is 605 g/mol. The topological polar surface area (TPSA) is 107 Å². The number of esters is 2. The lowest BCUT2D eigenvalue weighted by Crippen LogP contribution is -2.33. The van der Waals surface area contributed by atoms with E-state index in [2.05, 4.69) is 12.1 Å². The third-order valence-corrected chi connectivity index (χ3v) is 9.90. The minimum atomic E-state index is -0.703. The number of thiophene rings is 1. The molecular formula is C35H27NO7S. The molecule has 3 aliphatic rings. The lowest BCUT2D eigenvalue weighted by Gasteiger charge is -2.28. The van der Waals surface area contributed by atoms with E-state index in [0.29, 0.717) is 21.9 Å². The number of hydrogen-bond acceptors (Lipinski definition) is 8. The summed E-state index contributed by atoms with van der Waals surface area (Å²) in [5, 5.41) is 1.78. The molecule has 1 aromatic heterocycles. The zero-order valence-corrected chi connectivity index (χ0v) is 24.3. The third kappa shape index (κ3) is 4.93. The van der Waals surface area contributed by atoms with Gasteiger partial charge in [-0.1, -0.05) is 36.4 Å². The Bertz CT molecular complexity index is 1750. The van der Waals surface area contributed by atoms with Gasteiger partial charge in [-0.05, 0) is 96.1 Å². The number of anilines is 1. The van der Waals surface area contributed by atoms with Crippen LogP contribution in [0, 0.1) is 23.7 Å². The molecule has 0 unspecified atom stereocenters. The van der Waals surface area contributed by atoms with Crippen LogP contribution in [0.5, 0.6) is 5.75 Å². The number of fused-ring (bicyclic) bond motifs is 5. The fourth-order valence-corrected chi connectivity index (χ4v) is 7.70. The molecule has 2 bridgehead atoms. The smallest absolute Gasteiger partial charge is 0.353 e. The van der Waals surface area contributed by atoms with Crippen LogP contribution in [0.2, 0.25) is 0 Å². The van der Waals surface area contributed by atoms with Crippen molar-refractivity contribution in [2.24, 2.45) is 23.7 Å². The van der Waals surface area contributed by atoms with Crippen molar-refractivity contribution >= 4 is 46.6 Å². The second kappa shape index (κ2) is 11.3. The molecule has 0 radical (unpaired) electrons. The van der Waals surface area contributed by atoms with E-state index in [1.165, 1.54) is 58.2 Å². The van der Waals surface area contributed by atoms with Gasteiger partial charge < -0.3 is 9.47 Å². The largest absolute Gasteiger partial charge is 0.454 e. The summed E-state index contributed by atoms with van der Waals surface area (Å²) in [6.45, 7) is -0.479. The van der Waals surface area contributed by atoms with Gasteiger partial charge in [0.1, 0.15) is 10.6 Å². The van der Waals surface area contributed by atoms with Crippen LogP contribution in [0.1, 0.15) is 54.7 Å². The minimum Gasteiger partial charge on any atom is -0.454 e. The fraction of sp³-hybridized carbons (Fsp3) is 0.229. The summed E-state index contributed by atoms with van der Waals surface area (Å²) in [6.07, 6.45) is 1.82. The number of ketones is 1. The summed E-state index contributed by atoms with van der Waals surface area (Å²) in [6, 6.07) is 25.8. The molecule has 2 saturated carbocycles. The molecule has 5 atom stereocenters. The van der Waals surface area contributed by atoms with Gasteiger partial charge in [0, 0.05) is 5.56 Å². The number of carbonyl (C=O) groups is 5. The van der Waals surface area contributed by atoms with Gasteiger partial charge in [0.05, 0.1) is 23.1 Å². The van der Waals surface area contributed by atoms with Crippen molar-refractivity contribution in [2.45, 2.75) is 18.8 Å². The summed E-state index contributed by atoms with van der Waals surface area (Å²) in [5.74, 6) is -1.61. The number of nitrogens with zero attached hydrogens (tertiary/aromatic N) is 1. The Morgan fingerprint density at radius 1 is 0.750 bits per heavy atom. The Morgan fingerprint density at radius 3 is 2.16 bits per heavy atom. The number of benzene rings is 3. The summed E-state index contributed by atoms with van der Waals surface area (Å²) >= 11 is 1.27. The SMILES string of the molecule is O=C(COC(=O)c1ccc(N2C(=O)[C@@H]3[C@@H]4C[C@@H]([C@@H]3C2=O)[C@H](c2ccccc2)C4)cc1)c1ccc(OC(=O)c2cccs2)cc1. The van der Waals surface area contributed by atoms with E-state index in [1.54, 1.807) is 29.6 Å². The van der Waals surface area contributed by atoms with Crippen molar-refractivity contribution in [3.05, 3.63) is 118 Å². The lowest BCUT2D eigenvalue weighted by atomic mass is 9.73. The van der Waals surface area contributed by atoms with Crippen molar-refractivity contribution in [1.29, 1.82) is 0 Å². The zero-order chi connectivity index (χ0) is 30.4. The first-order valence-corrected chi connectivity index (χ1v) is 15.4. The average molecular weight is 606 g/mol. The first-order chi connectivity index (χ1) is 21.4. The molecular weight excluding hydrogens is 578 g/mol. The summed E-state index contributed by atoms with van der Waals surface area (Å²) in [5.41, 5.74) is 2.15. The maximum Gasteiger partial charge on any atom is 0.353 e. The van der Waals surface area contributed by atoms with Crippen LogP contribution < -0.4 is 9.64 Å². The van der Waals surface area contributed by atoms with Gasteiger partial charge in [-0.2, -0.15) is 0 Å². The second-order valence-corrected chi connectivity index (χ2v) is 12.4. The number of carbonyl (C=O) groups excluding carboxylic acids is 5. The molecule has 0 spiro atoms. The number of imide groups is 1. The van der Waals surface area contributed by atoms with Crippen LogP contribution in [0.3, 0.4) is 0 Å². The van der Waals surface area contributed by atoms with Gasteiger partial charge in [0.2, 0.25) is 11.8 Å². The first kappa shape index (κ1) is 27.9. The zero-order valence-electron chi connectivity index (χ0n) is 23.5. The molecule has 2 aliphatic carbocycles. The van der Waals surface area contributed by atoms with Gasteiger partial charge >= 0.3 is 11.9 Å². The van der Waals surface area contributed by atoms with Crippen LogP contribution >= 0.6 is 11.3 Å². The molecule has 7 rings (SSSR count). The van der Waals surface area contributed by atoms with E-state index < -0.39 is 24.3 Å². The third-order valence-electron chi connectivity index (χ3n) is 9.05. The Morgan fingerprint density at radius 2 is 1.45 bits per heavy atom. The normalized spacial score (nSPS) is 23.5. The lowest BCUT2D eigenvalue weighted by molar-refractivity contribution is -0.123. The maximum atomic E-state index is 13.6. The molecule has 3 fully saturated rings. The maximum absolute atomic E-state index is 13.6.